The molecule has 2 aromatic carbocycles. The van der Waals surface area contributed by atoms with E-state index in [0.717, 1.165) is 17.0 Å². The minimum absolute atomic E-state index is 0.0453. The van der Waals surface area contributed by atoms with Crippen LogP contribution >= 0.6 is 0 Å². The second-order valence-electron chi connectivity index (χ2n) is 6.30. The van der Waals surface area contributed by atoms with Crippen LogP contribution in [-0.4, -0.2) is 30.4 Å². The Labute approximate surface area is 165 Å². The summed E-state index contributed by atoms with van der Waals surface area (Å²) in [6.45, 7) is 1.48. The summed E-state index contributed by atoms with van der Waals surface area (Å²) in [7, 11) is 1.30. The summed E-state index contributed by atoms with van der Waals surface area (Å²) in [4.78, 5) is 34.8. The van der Waals surface area contributed by atoms with E-state index in [0.29, 0.717) is 5.76 Å². The van der Waals surface area contributed by atoms with Crippen molar-refractivity contribution in [1.29, 1.82) is 0 Å². The number of carbonyl (C=O) groups excluding carboxylic acids is 2. The van der Waals surface area contributed by atoms with Crippen LogP contribution in [0.3, 0.4) is 0 Å². The van der Waals surface area contributed by atoms with Gasteiger partial charge in [-0.1, -0.05) is 18.2 Å². The van der Waals surface area contributed by atoms with Crippen LogP contribution < -0.4 is 15.4 Å². The van der Waals surface area contributed by atoms with Gasteiger partial charge in [0.15, 0.2) is 5.75 Å². The highest BCUT2D eigenvalue weighted by molar-refractivity contribution is 5.97. The van der Waals surface area contributed by atoms with Crippen molar-refractivity contribution in [3.05, 3.63) is 70.0 Å². The molecule has 0 bridgehead atoms. The van der Waals surface area contributed by atoms with Gasteiger partial charge in [0.05, 0.1) is 24.6 Å². The van der Waals surface area contributed by atoms with Gasteiger partial charge in [-0.3, -0.25) is 19.7 Å². The van der Waals surface area contributed by atoms with E-state index >= 15 is 0 Å². The molecular formula is C20H19N3O6. The largest absolute Gasteiger partial charge is 0.490 e. The molecule has 1 heterocycles. The summed E-state index contributed by atoms with van der Waals surface area (Å²) >= 11 is 0. The predicted molar refractivity (Wildman–Crippen MR) is 105 cm³/mol. The van der Waals surface area contributed by atoms with Crippen molar-refractivity contribution < 1.29 is 23.7 Å². The summed E-state index contributed by atoms with van der Waals surface area (Å²) in [6.07, 6.45) is 0. The van der Waals surface area contributed by atoms with E-state index in [1.165, 1.54) is 19.2 Å². The standard InChI is InChI=1S/C20H19N3O6/c1-12(18-10-13-5-3-4-6-16(13)29-18)22-19(24)11-21-20(25)14-7-8-17(28-2)15(9-14)23(26)27/h3-10,12H,11H2,1-2H3,(H,21,25)(H,22,24). The van der Waals surface area contributed by atoms with E-state index < -0.39 is 22.8 Å². The third-order valence-corrected chi connectivity index (χ3v) is 4.30. The number of furan rings is 1. The molecule has 0 aliphatic heterocycles. The average Bonchev–Trinajstić information content (AvgIpc) is 3.16. The lowest BCUT2D eigenvalue weighted by atomic mass is 10.1. The minimum atomic E-state index is -0.642. The maximum Gasteiger partial charge on any atom is 0.311 e. The van der Waals surface area contributed by atoms with Crippen LogP contribution in [0.15, 0.2) is 52.9 Å². The van der Waals surface area contributed by atoms with E-state index in [-0.39, 0.29) is 23.5 Å². The SMILES string of the molecule is COc1ccc(C(=O)NCC(=O)NC(C)c2cc3ccccc3o2)cc1[N+](=O)[O-]. The Morgan fingerprint density at radius 2 is 1.97 bits per heavy atom. The number of benzene rings is 2. The number of methoxy groups -OCH3 is 1. The molecule has 29 heavy (non-hydrogen) atoms. The van der Waals surface area contributed by atoms with Crippen LogP contribution in [0.5, 0.6) is 5.75 Å². The fourth-order valence-corrected chi connectivity index (χ4v) is 2.82. The molecule has 3 rings (SSSR count). The number of para-hydroxylation sites is 1. The molecule has 2 N–H and O–H groups in total. The predicted octanol–water partition coefficient (Wildman–Crippen LogP) is 2.96. The quantitative estimate of drug-likeness (QED) is 0.467. The third-order valence-electron chi connectivity index (χ3n) is 4.30. The Kier molecular flexibility index (Phi) is 5.77. The summed E-state index contributed by atoms with van der Waals surface area (Å²) in [5.41, 5.74) is 0.441. The zero-order valence-corrected chi connectivity index (χ0v) is 15.8. The number of hydrogen-bond donors (Lipinski definition) is 2. The number of nitrogens with one attached hydrogen (secondary N) is 2. The van der Waals surface area contributed by atoms with Gasteiger partial charge in [0.25, 0.3) is 5.91 Å². The topological polar surface area (TPSA) is 124 Å². The summed E-state index contributed by atoms with van der Waals surface area (Å²) in [6, 6.07) is 12.8. The Hall–Kier alpha value is -3.88. The van der Waals surface area contributed by atoms with Crippen LogP contribution in [0.25, 0.3) is 11.0 Å². The molecule has 0 radical (unpaired) electrons. The lowest BCUT2D eigenvalue weighted by molar-refractivity contribution is -0.385. The number of nitro benzene ring substituents is 1. The Bertz CT molecular complexity index is 1040. The van der Waals surface area contributed by atoms with Gasteiger partial charge in [-0.2, -0.15) is 0 Å². The van der Waals surface area contributed by atoms with Gasteiger partial charge in [0, 0.05) is 17.0 Å². The fourth-order valence-electron chi connectivity index (χ4n) is 2.82. The van der Waals surface area contributed by atoms with E-state index in [1.54, 1.807) is 6.92 Å². The molecule has 1 unspecified atom stereocenters. The van der Waals surface area contributed by atoms with Gasteiger partial charge in [0.2, 0.25) is 5.91 Å². The molecule has 9 heteroatoms. The van der Waals surface area contributed by atoms with Crippen LogP contribution in [0, 0.1) is 10.1 Å². The number of fused-ring (bicyclic) bond motifs is 1. The van der Waals surface area contributed by atoms with E-state index in [4.69, 9.17) is 9.15 Å². The molecule has 0 spiro atoms. The molecular weight excluding hydrogens is 378 g/mol. The number of nitrogens with zero attached hydrogens (tertiary/aromatic N) is 1. The van der Waals surface area contributed by atoms with Crippen LogP contribution in [0.4, 0.5) is 5.69 Å². The average molecular weight is 397 g/mol. The summed E-state index contributed by atoms with van der Waals surface area (Å²) < 4.78 is 10.6. The van der Waals surface area contributed by atoms with Crippen molar-refractivity contribution in [3.63, 3.8) is 0 Å². The van der Waals surface area contributed by atoms with Gasteiger partial charge in [-0.05, 0) is 31.2 Å². The van der Waals surface area contributed by atoms with Crippen molar-refractivity contribution in [1.82, 2.24) is 10.6 Å². The minimum Gasteiger partial charge on any atom is -0.490 e. The van der Waals surface area contributed by atoms with Crippen LogP contribution in [-0.2, 0) is 4.79 Å². The molecule has 2 amide bonds. The number of carbonyl (C=O) groups is 2. The first-order chi connectivity index (χ1) is 13.9. The Morgan fingerprint density at radius 3 is 2.66 bits per heavy atom. The number of nitro groups is 1. The van der Waals surface area contributed by atoms with Crippen molar-refractivity contribution >= 4 is 28.5 Å². The first kappa shape index (κ1) is 19.9. The highest BCUT2D eigenvalue weighted by Crippen LogP contribution is 2.27. The van der Waals surface area contributed by atoms with Crippen LogP contribution in [0.2, 0.25) is 0 Å². The highest BCUT2D eigenvalue weighted by atomic mass is 16.6. The second kappa shape index (κ2) is 8.42. The van der Waals surface area contributed by atoms with E-state index in [2.05, 4.69) is 10.6 Å². The number of rotatable bonds is 7. The summed E-state index contributed by atoms with van der Waals surface area (Å²) in [5, 5.41) is 17.2. The monoisotopic (exact) mass is 397 g/mol. The molecule has 1 aromatic heterocycles. The molecule has 0 fully saturated rings. The molecule has 0 saturated carbocycles. The molecule has 0 saturated heterocycles. The first-order valence-electron chi connectivity index (χ1n) is 8.77. The van der Waals surface area contributed by atoms with Gasteiger partial charge >= 0.3 is 5.69 Å². The molecule has 9 nitrogen and oxygen atoms in total. The van der Waals surface area contributed by atoms with Gasteiger partial charge in [-0.25, -0.2) is 0 Å². The highest BCUT2D eigenvalue weighted by Gasteiger charge is 2.19. The maximum atomic E-state index is 12.2. The lowest BCUT2D eigenvalue weighted by Crippen LogP contribution is -2.37. The normalized spacial score (nSPS) is 11.7. The van der Waals surface area contributed by atoms with Crippen molar-refractivity contribution in [3.8, 4) is 5.75 Å². The van der Waals surface area contributed by atoms with Crippen LogP contribution in [0.1, 0.15) is 29.1 Å². The van der Waals surface area contributed by atoms with Crippen molar-refractivity contribution in [2.24, 2.45) is 0 Å². The van der Waals surface area contributed by atoms with Crippen molar-refractivity contribution in [2.75, 3.05) is 13.7 Å². The zero-order chi connectivity index (χ0) is 21.0. The third kappa shape index (κ3) is 4.52. The molecule has 3 aromatic rings. The molecule has 0 aliphatic rings. The van der Waals surface area contributed by atoms with E-state index in [1.807, 2.05) is 30.3 Å². The molecule has 1 atom stereocenters. The van der Waals surface area contributed by atoms with Crippen molar-refractivity contribution in [2.45, 2.75) is 13.0 Å². The Balaban J connectivity index is 1.59. The lowest BCUT2D eigenvalue weighted by Gasteiger charge is -2.12. The number of ether oxygens (including phenoxy) is 1. The molecule has 0 aliphatic carbocycles. The number of amides is 2. The van der Waals surface area contributed by atoms with Gasteiger partial charge < -0.3 is 19.8 Å². The first-order valence-corrected chi connectivity index (χ1v) is 8.77. The maximum absolute atomic E-state index is 12.2. The summed E-state index contributed by atoms with van der Waals surface area (Å²) in [5.74, 6) is -0.391. The fraction of sp³-hybridized carbons (Fsp3) is 0.200. The van der Waals surface area contributed by atoms with Gasteiger partial charge in [0.1, 0.15) is 11.3 Å². The van der Waals surface area contributed by atoms with Gasteiger partial charge in [-0.15, -0.1) is 0 Å². The van der Waals surface area contributed by atoms with E-state index in [9.17, 15) is 19.7 Å². The number of hydrogen-bond acceptors (Lipinski definition) is 6. The Morgan fingerprint density at radius 1 is 1.21 bits per heavy atom. The second-order valence-corrected chi connectivity index (χ2v) is 6.30. The zero-order valence-electron chi connectivity index (χ0n) is 15.8. The molecule has 150 valence electrons. The smallest absolute Gasteiger partial charge is 0.311 e.